The van der Waals surface area contributed by atoms with E-state index in [0.29, 0.717) is 41.3 Å². The average Bonchev–Trinajstić information content (AvgIpc) is 3.47. The molecular formula is C33H39F2N7O2. The number of halogens is 2. The second-order valence-corrected chi connectivity index (χ2v) is 12.0. The number of fused-ring (bicyclic) bond motifs is 1. The van der Waals surface area contributed by atoms with Crippen LogP contribution >= 0.6 is 0 Å². The number of nitrogens with one attached hydrogen (secondary N) is 1. The lowest BCUT2D eigenvalue weighted by Gasteiger charge is -2.30. The van der Waals surface area contributed by atoms with Crippen LogP contribution in [0.25, 0.3) is 22.0 Å². The van der Waals surface area contributed by atoms with Crippen LogP contribution in [0.4, 0.5) is 31.8 Å². The maximum atomic E-state index is 15.6. The molecule has 0 bridgehead atoms. The Morgan fingerprint density at radius 1 is 1.14 bits per heavy atom. The Balaban J connectivity index is 1.69. The Hall–Kier alpha value is -4.41. The Morgan fingerprint density at radius 2 is 1.89 bits per heavy atom. The Morgan fingerprint density at radius 3 is 2.57 bits per heavy atom. The van der Waals surface area contributed by atoms with Crippen LogP contribution in [-0.2, 0) is 9.53 Å². The minimum Gasteiger partial charge on any atom is -0.458 e. The molecule has 5 rings (SSSR count). The quantitative estimate of drug-likeness (QED) is 0.204. The van der Waals surface area contributed by atoms with Gasteiger partial charge in [0.15, 0.2) is 0 Å². The van der Waals surface area contributed by atoms with Gasteiger partial charge in [-0.3, -0.25) is 0 Å². The fourth-order valence-electron chi connectivity index (χ4n) is 5.69. The van der Waals surface area contributed by atoms with Crippen LogP contribution in [0.15, 0.2) is 43.1 Å². The molecule has 9 nitrogen and oxygen atoms in total. The van der Waals surface area contributed by atoms with Gasteiger partial charge in [0.1, 0.15) is 41.2 Å². The zero-order valence-corrected chi connectivity index (χ0v) is 26.1. The molecule has 0 amide bonds. The highest BCUT2D eigenvalue weighted by Crippen LogP contribution is 2.41. The Kier molecular flexibility index (Phi) is 8.94. The number of aromatic nitrogens is 4. The van der Waals surface area contributed by atoms with E-state index in [4.69, 9.17) is 14.7 Å². The van der Waals surface area contributed by atoms with Crippen molar-refractivity contribution in [2.45, 2.75) is 72.4 Å². The summed E-state index contributed by atoms with van der Waals surface area (Å²) in [7, 11) is 0. The zero-order chi connectivity index (χ0) is 31.6. The predicted molar refractivity (Wildman–Crippen MR) is 169 cm³/mol. The van der Waals surface area contributed by atoms with Crippen LogP contribution in [0, 0.1) is 18.6 Å². The topological polar surface area (TPSA) is 96.4 Å². The smallest absolute Gasteiger partial charge is 0.329 e. The molecule has 0 radical (unpaired) electrons. The summed E-state index contributed by atoms with van der Waals surface area (Å²) in [5.74, 6) is -0.602. The molecule has 3 aromatic heterocycles. The molecule has 44 heavy (non-hydrogen) atoms. The third-order valence-corrected chi connectivity index (χ3v) is 7.64. The molecule has 1 unspecified atom stereocenters. The SMILES string of the molecule is CCCN(CC)c1cc(Nc2c(C)c(N3CCCC3C(=O)OC(C)(C)C)nc3cc(F)cc(F)c23)c(-c2cncnc2)cn1. The molecule has 1 saturated heterocycles. The highest BCUT2D eigenvalue weighted by atomic mass is 19.1. The molecule has 4 aromatic rings. The second-order valence-electron chi connectivity index (χ2n) is 12.0. The van der Waals surface area contributed by atoms with Gasteiger partial charge < -0.3 is 19.9 Å². The van der Waals surface area contributed by atoms with Crippen LogP contribution in [0.3, 0.4) is 0 Å². The van der Waals surface area contributed by atoms with Gasteiger partial charge in [0.05, 0.1) is 22.3 Å². The zero-order valence-electron chi connectivity index (χ0n) is 26.1. The van der Waals surface area contributed by atoms with Crippen molar-refractivity contribution in [3.05, 3.63) is 60.3 Å². The number of hydrogen-bond acceptors (Lipinski definition) is 9. The first-order valence-corrected chi connectivity index (χ1v) is 15.1. The molecular weight excluding hydrogens is 564 g/mol. The average molecular weight is 604 g/mol. The number of carbonyl (C=O) groups excluding carboxylic acids is 1. The summed E-state index contributed by atoms with van der Waals surface area (Å²) >= 11 is 0. The summed E-state index contributed by atoms with van der Waals surface area (Å²) in [6.07, 6.45) is 8.86. The molecule has 1 fully saturated rings. The van der Waals surface area contributed by atoms with Crippen molar-refractivity contribution in [3.63, 3.8) is 0 Å². The van der Waals surface area contributed by atoms with Crippen LogP contribution in [0.2, 0.25) is 0 Å². The maximum absolute atomic E-state index is 15.6. The van der Waals surface area contributed by atoms with E-state index in [1.54, 1.807) is 18.6 Å². The largest absolute Gasteiger partial charge is 0.458 e. The monoisotopic (exact) mass is 603 g/mol. The number of ether oxygens (including phenoxy) is 1. The minimum absolute atomic E-state index is 0.139. The maximum Gasteiger partial charge on any atom is 0.329 e. The van der Waals surface area contributed by atoms with E-state index in [1.165, 1.54) is 12.4 Å². The minimum atomic E-state index is -0.741. The normalized spacial score (nSPS) is 15.1. The summed E-state index contributed by atoms with van der Waals surface area (Å²) < 4.78 is 35.9. The second kappa shape index (κ2) is 12.7. The Labute approximate surface area is 256 Å². The van der Waals surface area contributed by atoms with E-state index in [9.17, 15) is 9.18 Å². The van der Waals surface area contributed by atoms with E-state index >= 15 is 4.39 Å². The summed E-state index contributed by atoms with van der Waals surface area (Å²) in [5.41, 5.74) is 2.61. The lowest BCUT2D eigenvalue weighted by Crippen LogP contribution is -2.41. The number of benzene rings is 1. The number of carbonyl (C=O) groups is 1. The molecule has 1 aromatic carbocycles. The first-order chi connectivity index (χ1) is 21.0. The van der Waals surface area contributed by atoms with E-state index in [2.05, 4.69) is 34.0 Å². The summed E-state index contributed by atoms with van der Waals surface area (Å²) in [5, 5.41) is 3.63. The third-order valence-electron chi connectivity index (χ3n) is 7.64. The lowest BCUT2D eigenvalue weighted by atomic mass is 10.0. The highest BCUT2D eigenvalue weighted by molar-refractivity contribution is 5.99. The number of esters is 1. The number of hydrogen-bond donors (Lipinski definition) is 1. The van der Waals surface area contributed by atoms with Crippen molar-refractivity contribution in [1.29, 1.82) is 0 Å². The van der Waals surface area contributed by atoms with E-state index in [0.717, 1.165) is 43.4 Å². The fourth-order valence-corrected chi connectivity index (χ4v) is 5.69. The molecule has 0 spiro atoms. The van der Waals surface area contributed by atoms with Crippen LogP contribution < -0.4 is 15.1 Å². The molecule has 232 valence electrons. The van der Waals surface area contributed by atoms with Crippen molar-refractivity contribution < 1.29 is 18.3 Å². The third kappa shape index (κ3) is 6.41. The molecule has 11 heteroatoms. The van der Waals surface area contributed by atoms with Crippen molar-refractivity contribution >= 4 is 39.9 Å². The van der Waals surface area contributed by atoms with Crippen molar-refractivity contribution in [2.75, 3.05) is 34.8 Å². The van der Waals surface area contributed by atoms with Crippen molar-refractivity contribution in [2.24, 2.45) is 0 Å². The number of rotatable bonds is 9. The fraction of sp³-hybridized carbons (Fsp3) is 0.424. The number of nitrogens with zero attached hydrogens (tertiary/aromatic N) is 6. The molecule has 0 aliphatic carbocycles. The van der Waals surface area contributed by atoms with Gasteiger partial charge in [0.2, 0.25) is 0 Å². The molecule has 4 heterocycles. The first kappa shape index (κ1) is 31.0. The van der Waals surface area contributed by atoms with Gasteiger partial charge >= 0.3 is 5.97 Å². The first-order valence-electron chi connectivity index (χ1n) is 15.1. The summed E-state index contributed by atoms with van der Waals surface area (Å²) in [6.45, 7) is 13.6. The van der Waals surface area contributed by atoms with Gasteiger partial charge in [-0.1, -0.05) is 6.92 Å². The summed E-state index contributed by atoms with van der Waals surface area (Å²) in [6, 6.07) is 3.43. The Bertz CT molecular complexity index is 1660. The van der Waals surface area contributed by atoms with Gasteiger partial charge in [0, 0.05) is 73.1 Å². The van der Waals surface area contributed by atoms with E-state index in [1.807, 2.05) is 38.7 Å². The van der Waals surface area contributed by atoms with E-state index < -0.39 is 23.3 Å². The van der Waals surface area contributed by atoms with Crippen LogP contribution in [-0.4, -0.2) is 57.2 Å². The van der Waals surface area contributed by atoms with Gasteiger partial charge in [-0.05, 0) is 53.9 Å². The predicted octanol–water partition coefficient (Wildman–Crippen LogP) is 6.96. The standard InChI is InChI=1S/C33H39F2N7O2/c1-7-11-41(8-2)28-15-25(23(18-38-28)21-16-36-19-37-17-21)39-30-20(3)31(40-26-14-22(34)13-24(35)29(26)30)42-12-9-10-27(42)32(43)44-33(4,5)6/h13-19,27H,7-12H2,1-6H3,(H,38,39,40). The number of anilines is 4. The van der Waals surface area contributed by atoms with E-state index in [-0.39, 0.29) is 16.9 Å². The van der Waals surface area contributed by atoms with Gasteiger partial charge in [0.25, 0.3) is 0 Å². The van der Waals surface area contributed by atoms with Crippen LogP contribution in [0.1, 0.15) is 59.4 Å². The molecule has 1 aliphatic heterocycles. The van der Waals surface area contributed by atoms with Crippen molar-refractivity contribution in [1.82, 2.24) is 19.9 Å². The van der Waals surface area contributed by atoms with Crippen molar-refractivity contribution in [3.8, 4) is 11.1 Å². The van der Waals surface area contributed by atoms with Gasteiger partial charge in [-0.15, -0.1) is 0 Å². The molecule has 1 aliphatic rings. The van der Waals surface area contributed by atoms with Gasteiger partial charge in [-0.25, -0.2) is 33.5 Å². The molecule has 1 N–H and O–H groups in total. The molecule has 1 atom stereocenters. The highest BCUT2D eigenvalue weighted by Gasteiger charge is 2.36. The summed E-state index contributed by atoms with van der Waals surface area (Å²) in [4.78, 5) is 35.1. The number of pyridine rings is 2. The van der Waals surface area contributed by atoms with Crippen LogP contribution in [0.5, 0.6) is 0 Å². The van der Waals surface area contributed by atoms with Gasteiger partial charge in [-0.2, -0.15) is 0 Å². The molecule has 0 saturated carbocycles. The lowest BCUT2D eigenvalue weighted by molar-refractivity contribution is -0.156.